The minimum atomic E-state index is 0.419. The lowest BCUT2D eigenvalue weighted by molar-refractivity contribution is 0.482. The monoisotopic (exact) mass is 168 g/mol. The van der Waals surface area contributed by atoms with Crippen molar-refractivity contribution in [3.63, 3.8) is 0 Å². The lowest BCUT2D eigenvalue weighted by Gasteiger charge is -2.10. The van der Waals surface area contributed by atoms with Crippen LogP contribution < -0.4 is 0 Å². The minimum Gasteiger partial charge on any atom is -0.566 e. The number of hydrogen-bond donors (Lipinski definition) is 0. The van der Waals surface area contributed by atoms with Crippen molar-refractivity contribution in [1.82, 2.24) is 0 Å². The molecule has 0 rings (SSSR count). The molecule has 0 aliphatic rings. The van der Waals surface area contributed by atoms with Crippen LogP contribution in [-0.2, 0) is 4.65 Å². The molecule has 0 fully saturated rings. The van der Waals surface area contributed by atoms with Crippen LogP contribution in [0.25, 0.3) is 0 Å². The molecule has 0 radical (unpaired) electrons. The van der Waals surface area contributed by atoms with Gasteiger partial charge in [0.1, 0.15) is 0 Å². The third-order valence-corrected chi connectivity index (χ3v) is 2.05. The Labute approximate surface area is 77.3 Å². The molecular formula is C10H21BO. The summed E-state index contributed by atoms with van der Waals surface area (Å²) in [4.78, 5) is 0. The molecule has 0 saturated carbocycles. The fourth-order valence-electron chi connectivity index (χ4n) is 1.28. The molecule has 0 aliphatic heterocycles. The van der Waals surface area contributed by atoms with E-state index >= 15 is 0 Å². The zero-order chi connectivity index (χ0) is 9.23. The molecule has 12 heavy (non-hydrogen) atoms. The van der Waals surface area contributed by atoms with Gasteiger partial charge in [0.25, 0.3) is 0 Å². The largest absolute Gasteiger partial charge is 0.566 e. The van der Waals surface area contributed by atoms with Gasteiger partial charge in [0, 0.05) is 0 Å². The fraction of sp³-hybridized carbons (Fsp3) is 0.800. The highest BCUT2D eigenvalue weighted by Gasteiger charge is 2.13. The van der Waals surface area contributed by atoms with Crippen LogP contribution in [0, 0.1) is 0 Å². The van der Waals surface area contributed by atoms with E-state index < -0.39 is 0 Å². The maximum Gasteiger partial charge on any atom is 0.356 e. The molecule has 0 aliphatic carbocycles. The maximum atomic E-state index is 5.41. The van der Waals surface area contributed by atoms with E-state index in [1.807, 2.05) is 0 Å². The Morgan fingerprint density at radius 1 is 1.17 bits per heavy atom. The van der Waals surface area contributed by atoms with E-state index in [1.165, 1.54) is 38.3 Å². The Hall–Kier alpha value is -0.395. The first-order valence-electron chi connectivity index (χ1n) is 5.11. The molecule has 70 valence electrons. The Morgan fingerprint density at radius 2 is 1.67 bits per heavy atom. The summed E-state index contributed by atoms with van der Waals surface area (Å²) in [5.74, 6) is 0. The Balaban J connectivity index is 3.46. The first-order chi connectivity index (χ1) is 5.85. The molecule has 0 aromatic carbocycles. The summed E-state index contributed by atoms with van der Waals surface area (Å²) >= 11 is 0. The highest BCUT2D eigenvalue weighted by atomic mass is 16.4. The second-order valence-electron chi connectivity index (χ2n) is 3.21. The summed E-state index contributed by atoms with van der Waals surface area (Å²) in [6, 6.07) is 0. The number of rotatable bonds is 8. The molecule has 0 heterocycles. The van der Waals surface area contributed by atoms with Gasteiger partial charge >= 0.3 is 6.92 Å². The number of hydrogen-bond acceptors (Lipinski definition) is 1. The molecular weight excluding hydrogens is 147 g/mol. The average molecular weight is 168 g/mol. The topological polar surface area (TPSA) is 9.23 Å². The van der Waals surface area contributed by atoms with E-state index in [9.17, 15) is 0 Å². The molecule has 0 saturated heterocycles. The van der Waals surface area contributed by atoms with Gasteiger partial charge in [-0.3, -0.25) is 0 Å². The van der Waals surface area contributed by atoms with E-state index in [0.29, 0.717) is 6.92 Å². The van der Waals surface area contributed by atoms with Crippen LogP contribution in [0.5, 0.6) is 0 Å². The normalized spacial score (nSPS) is 9.50. The molecule has 0 spiro atoms. The van der Waals surface area contributed by atoms with Gasteiger partial charge in [0.05, 0.1) is 6.26 Å². The molecule has 0 aromatic rings. The van der Waals surface area contributed by atoms with Gasteiger partial charge in [-0.2, -0.15) is 0 Å². The highest BCUT2D eigenvalue weighted by Crippen LogP contribution is 2.10. The van der Waals surface area contributed by atoms with Crippen LogP contribution in [0.4, 0.5) is 0 Å². The van der Waals surface area contributed by atoms with E-state index in [1.54, 1.807) is 6.26 Å². The Morgan fingerprint density at radius 3 is 2.00 bits per heavy atom. The molecule has 0 atom stereocenters. The third kappa shape index (κ3) is 6.32. The molecule has 0 unspecified atom stereocenters. The predicted molar refractivity (Wildman–Crippen MR) is 56.5 cm³/mol. The van der Waals surface area contributed by atoms with Crippen LogP contribution in [0.1, 0.15) is 39.5 Å². The number of unbranched alkanes of at least 4 members (excludes halogenated alkanes) is 2. The standard InChI is InChI=1S/C10H21BO/c1-4-7-9-11(12-6-3)10-8-5-2/h6H,3-5,7-10H2,1-2H3. The van der Waals surface area contributed by atoms with E-state index in [4.69, 9.17) is 4.65 Å². The summed E-state index contributed by atoms with van der Waals surface area (Å²) in [6.07, 6.45) is 8.98. The first-order valence-corrected chi connectivity index (χ1v) is 5.11. The SMILES string of the molecule is C=COB(CCCC)CCCC. The molecule has 0 bridgehead atoms. The Kier molecular flexibility index (Phi) is 8.41. The zero-order valence-corrected chi connectivity index (χ0v) is 8.51. The van der Waals surface area contributed by atoms with E-state index in [2.05, 4.69) is 20.4 Å². The van der Waals surface area contributed by atoms with Gasteiger partial charge in [-0.05, 0) is 12.6 Å². The van der Waals surface area contributed by atoms with Crippen molar-refractivity contribution in [2.24, 2.45) is 0 Å². The van der Waals surface area contributed by atoms with Gasteiger partial charge in [0.2, 0.25) is 0 Å². The van der Waals surface area contributed by atoms with Crippen LogP contribution in [0.15, 0.2) is 12.8 Å². The molecule has 0 N–H and O–H groups in total. The van der Waals surface area contributed by atoms with Crippen molar-refractivity contribution in [3.8, 4) is 0 Å². The molecule has 2 heteroatoms. The van der Waals surface area contributed by atoms with Crippen molar-refractivity contribution in [2.75, 3.05) is 0 Å². The highest BCUT2D eigenvalue weighted by molar-refractivity contribution is 6.51. The van der Waals surface area contributed by atoms with Crippen LogP contribution in [0.2, 0.25) is 12.6 Å². The molecule has 0 amide bonds. The Bertz CT molecular complexity index is 96.0. The third-order valence-electron chi connectivity index (χ3n) is 2.05. The van der Waals surface area contributed by atoms with Crippen LogP contribution in [0.3, 0.4) is 0 Å². The van der Waals surface area contributed by atoms with Crippen LogP contribution >= 0.6 is 0 Å². The summed E-state index contributed by atoms with van der Waals surface area (Å²) in [5.41, 5.74) is 0. The molecule has 0 aromatic heterocycles. The maximum absolute atomic E-state index is 5.41. The lowest BCUT2D eigenvalue weighted by Crippen LogP contribution is -2.14. The van der Waals surface area contributed by atoms with Gasteiger partial charge in [-0.25, -0.2) is 0 Å². The van der Waals surface area contributed by atoms with Crippen molar-refractivity contribution >= 4 is 6.92 Å². The van der Waals surface area contributed by atoms with Gasteiger partial charge in [0.15, 0.2) is 0 Å². The van der Waals surface area contributed by atoms with Crippen molar-refractivity contribution < 1.29 is 4.65 Å². The van der Waals surface area contributed by atoms with E-state index in [-0.39, 0.29) is 0 Å². The van der Waals surface area contributed by atoms with Gasteiger partial charge in [-0.1, -0.05) is 46.1 Å². The van der Waals surface area contributed by atoms with E-state index in [0.717, 1.165) is 0 Å². The van der Waals surface area contributed by atoms with Crippen LogP contribution in [-0.4, -0.2) is 6.92 Å². The summed E-state index contributed by atoms with van der Waals surface area (Å²) in [5, 5.41) is 0. The van der Waals surface area contributed by atoms with Crippen molar-refractivity contribution in [3.05, 3.63) is 12.8 Å². The first kappa shape index (κ1) is 11.6. The summed E-state index contributed by atoms with van der Waals surface area (Å²) in [6.45, 7) is 8.44. The minimum absolute atomic E-state index is 0.419. The predicted octanol–water partition coefficient (Wildman–Crippen LogP) is 3.74. The fourth-order valence-corrected chi connectivity index (χ4v) is 1.28. The lowest BCUT2D eigenvalue weighted by atomic mass is 9.59. The van der Waals surface area contributed by atoms with Gasteiger partial charge < -0.3 is 4.65 Å². The zero-order valence-electron chi connectivity index (χ0n) is 8.51. The van der Waals surface area contributed by atoms with Crippen molar-refractivity contribution in [2.45, 2.75) is 52.2 Å². The van der Waals surface area contributed by atoms with Crippen molar-refractivity contribution in [1.29, 1.82) is 0 Å². The quantitative estimate of drug-likeness (QED) is 0.396. The summed E-state index contributed by atoms with van der Waals surface area (Å²) in [7, 11) is 0. The smallest absolute Gasteiger partial charge is 0.356 e. The molecule has 1 nitrogen and oxygen atoms in total. The summed E-state index contributed by atoms with van der Waals surface area (Å²) < 4.78 is 5.41. The second-order valence-corrected chi connectivity index (χ2v) is 3.21. The second kappa shape index (κ2) is 8.70. The van der Waals surface area contributed by atoms with Gasteiger partial charge in [-0.15, -0.1) is 0 Å². The average Bonchev–Trinajstić information content (AvgIpc) is 2.10.